The van der Waals surface area contributed by atoms with Crippen LogP contribution >= 0.6 is 23.5 Å². The molecule has 0 aromatic heterocycles. The van der Waals surface area contributed by atoms with Gasteiger partial charge in [0.1, 0.15) is 18.6 Å². The third kappa shape index (κ3) is 3.60. The van der Waals surface area contributed by atoms with Crippen molar-refractivity contribution >= 4 is 29.5 Å². The summed E-state index contributed by atoms with van der Waals surface area (Å²) in [6.07, 6.45) is 0.0418. The highest BCUT2D eigenvalue weighted by Gasteiger charge is 2.44. The largest absolute Gasteiger partial charge is 0.463 e. The Kier molecular flexibility index (Phi) is 5.09. The first-order chi connectivity index (χ1) is 8.92. The monoisotopic (exact) mass is 306 g/mol. The predicted molar refractivity (Wildman–Crippen MR) is 78.2 cm³/mol. The summed E-state index contributed by atoms with van der Waals surface area (Å²) in [5, 5.41) is 20.0. The van der Waals surface area contributed by atoms with Gasteiger partial charge in [0.25, 0.3) is 0 Å². The summed E-state index contributed by atoms with van der Waals surface area (Å²) < 4.78 is 5.24. The summed E-state index contributed by atoms with van der Waals surface area (Å²) in [7, 11) is 0. The molecule has 2 aliphatic heterocycles. The van der Waals surface area contributed by atoms with Crippen LogP contribution < -0.4 is 0 Å². The number of ether oxygens (including phenoxy) is 1. The van der Waals surface area contributed by atoms with Gasteiger partial charge in [-0.3, -0.25) is 4.79 Å². The number of rotatable bonds is 4. The highest BCUT2D eigenvalue weighted by Crippen LogP contribution is 2.46. The van der Waals surface area contributed by atoms with Crippen LogP contribution in [0.15, 0.2) is 0 Å². The van der Waals surface area contributed by atoms with E-state index in [0.717, 1.165) is 11.5 Å². The molecule has 2 aliphatic rings. The molecule has 2 saturated heterocycles. The molecule has 2 N–H and O–H groups in total. The van der Waals surface area contributed by atoms with E-state index in [4.69, 9.17) is 4.74 Å². The lowest BCUT2D eigenvalue weighted by Gasteiger charge is -2.38. The Hall–Kier alpha value is 0.0900. The average Bonchev–Trinajstić information content (AvgIpc) is 2.69. The van der Waals surface area contributed by atoms with Crippen molar-refractivity contribution < 1.29 is 19.7 Å². The Bertz CT molecular complexity index is 329. The molecule has 4 nitrogen and oxygen atoms in total. The van der Waals surface area contributed by atoms with Crippen LogP contribution in [0.1, 0.15) is 26.7 Å². The third-order valence-electron chi connectivity index (χ3n) is 3.70. The smallest absolute Gasteiger partial charge is 0.314 e. The fraction of sp³-hybridized carbons (Fsp3) is 0.923. The van der Waals surface area contributed by atoms with Crippen LogP contribution in [0, 0.1) is 11.3 Å². The number of aliphatic hydroxyl groups excluding tert-OH is 2. The lowest BCUT2D eigenvalue weighted by atomic mass is 9.83. The second-order valence-electron chi connectivity index (χ2n) is 5.91. The van der Waals surface area contributed by atoms with Gasteiger partial charge in [-0.05, 0) is 29.8 Å². The molecule has 0 radical (unpaired) electrons. The normalized spacial score (nSPS) is 31.3. The van der Waals surface area contributed by atoms with Gasteiger partial charge in [-0.25, -0.2) is 0 Å². The maximum Gasteiger partial charge on any atom is 0.314 e. The van der Waals surface area contributed by atoms with E-state index in [1.54, 1.807) is 0 Å². The zero-order chi connectivity index (χ0) is 14.0. The Morgan fingerprint density at radius 3 is 2.58 bits per heavy atom. The summed E-state index contributed by atoms with van der Waals surface area (Å²) in [5.74, 6) is 1.06. The van der Waals surface area contributed by atoms with E-state index in [2.05, 4.69) is 13.8 Å². The number of hydrogen-bond donors (Lipinski definition) is 2. The average molecular weight is 306 g/mol. The van der Waals surface area contributed by atoms with Crippen molar-refractivity contribution in [1.82, 2.24) is 0 Å². The number of cyclic esters (lactones) is 1. The summed E-state index contributed by atoms with van der Waals surface area (Å²) >= 11 is 3.86. The minimum Gasteiger partial charge on any atom is -0.463 e. The van der Waals surface area contributed by atoms with E-state index in [-0.39, 0.29) is 12.0 Å². The van der Waals surface area contributed by atoms with Crippen molar-refractivity contribution in [2.75, 3.05) is 18.1 Å². The Morgan fingerprint density at radius 2 is 2.05 bits per heavy atom. The second kappa shape index (κ2) is 6.24. The number of esters is 1. The fourth-order valence-electron chi connectivity index (χ4n) is 2.64. The lowest BCUT2D eigenvalue weighted by molar-refractivity contribution is -0.144. The van der Waals surface area contributed by atoms with Crippen LogP contribution in [-0.2, 0) is 9.53 Å². The number of thioether (sulfide) groups is 2. The third-order valence-corrected chi connectivity index (χ3v) is 7.44. The molecule has 6 heteroatoms. The molecule has 2 fully saturated rings. The van der Waals surface area contributed by atoms with Crippen LogP contribution in [0.5, 0.6) is 0 Å². The zero-order valence-electron chi connectivity index (χ0n) is 11.4. The predicted octanol–water partition coefficient (Wildman–Crippen LogP) is 1.49. The number of carbonyl (C=O) groups is 1. The van der Waals surface area contributed by atoms with Crippen LogP contribution in [0.3, 0.4) is 0 Å². The molecule has 2 heterocycles. The minimum atomic E-state index is -0.870. The van der Waals surface area contributed by atoms with Gasteiger partial charge in [-0.1, -0.05) is 13.8 Å². The van der Waals surface area contributed by atoms with Crippen molar-refractivity contribution in [3.8, 4) is 0 Å². The SMILES string of the molecule is CC(C)(C[C@@H](O)[C@@H]1C(=O)OC[C@H]1O)C1SCCCS1. The topological polar surface area (TPSA) is 66.8 Å². The molecule has 0 amide bonds. The van der Waals surface area contributed by atoms with Gasteiger partial charge in [-0.15, -0.1) is 23.5 Å². The van der Waals surface area contributed by atoms with Gasteiger partial charge in [-0.2, -0.15) is 0 Å². The number of hydrogen-bond acceptors (Lipinski definition) is 6. The first-order valence-corrected chi connectivity index (χ1v) is 8.77. The highest BCUT2D eigenvalue weighted by molar-refractivity contribution is 8.17. The van der Waals surface area contributed by atoms with Gasteiger partial charge >= 0.3 is 5.97 Å². The molecule has 0 unspecified atom stereocenters. The molecule has 0 saturated carbocycles. The molecule has 3 atom stereocenters. The molecule has 0 spiro atoms. The second-order valence-corrected chi connectivity index (χ2v) is 8.63. The van der Waals surface area contributed by atoms with Crippen LogP contribution in [0.4, 0.5) is 0 Å². The molecule has 0 aromatic rings. The Balaban J connectivity index is 1.96. The summed E-state index contributed by atoms with van der Waals surface area (Å²) in [6, 6.07) is 0. The quantitative estimate of drug-likeness (QED) is 0.767. The van der Waals surface area contributed by atoms with Gasteiger partial charge in [0, 0.05) is 0 Å². The van der Waals surface area contributed by atoms with E-state index in [1.165, 1.54) is 6.42 Å². The minimum absolute atomic E-state index is 0.00785. The van der Waals surface area contributed by atoms with E-state index in [1.807, 2.05) is 23.5 Å². The molecule has 19 heavy (non-hydrogen) atoms. The van der Waals surface area contributed by atoms with Crippen molar-refractivity contribution in [2.45, 2.75) is 43.5 Å². The van der Waals surface area contributed by atoms with Crippen molar-refractivity contribution in [3.63, 3.8) is 0 Å². The van der Waals surface area contributed by atoms with E-state index in [0.29, 0.717) is 11.0 Å². The summed E-state index contributed by atoms with van der Waals surface area (Å²) in [4.78, 5) is 11.5. The fourth-order valence-corrected chi connectivity index (χ4v) is 5.93. The van der Waals surface area contributed by atoms with Gasteiger partial charge in [0.2, 0.25) is 0 Å². The van der Waals surface area contributed by atoms with Gasteiger partial charge in [0.15, 0.2) is 0 Å². The maximum absolute atomic E-state index is 11.5. The van der Waals surface area contributed by atoms with Crippen molar-refractivity contribution in [1.29, 1.82) is 0 Å². The summed E-state index contributed by atoms with van der Waals surface area (Å²) in [6.45, 7) is 4.26. The molecular weight excluding hydrogens is 284 g/mol. The van der Waals surface area contributed by atoms with E-state index >= 15 is 0 Å². The standard InChI is InChI=1S/C13H22O4S2/c1-13(2,12-18-4-3-5-19-12)6-8(14)10-9(15)7-17-11(10)16/h8-10,12,14-15H,3-7H2,1-2H3/t8-,9-,10+/m1/s1. The maximum atomic E-state index is 11.5. The number of aliphatic hydroxyl groups is 2. The van der Waals surface area contributed by atoms with Crippen LogP contribution in [-0.4, -0.2) is 51.1 Å². The van der Waals surface area contributed by atoms with Gasteiger partial charge < -0.3 is 14.9 Å². The lowest BCUT2D eigenvalue weighted by Crippen LogP contribution is -2.39. The van der Waals surface area contributed by atoms with E-state index < -0.39 is 24.1 Å². The zero-order valence-corrected chi connectivity index (χ0v) is 13.0. The molecule has 0 aromatic carbocycles. The Morgan fingerprint density at radius 1 is 1.42 bits per heavy atom. The molecule has 110 valence electrons. The summed E-state index contributed by atoms with van der Waals surface area (Å²) in [5.41, 5.74) is -0.0717. The molecule has 0 bridgehead atoms. The van der Waals surface area contributed by atoms with Crippen LogP contribution in [0.25, 0.3) is 0 Å². The first-order valence-electron chi connectivity index (χ1n) is 6.68. The Labute approximate surface area is 122 Å². The first kappa shape index (κ1) is 15.5. The van der Waals surface area contributed by atoms with Gasteiger partial charge in [0.05, 0.1) is 10.7 Å². The van der Waals surface area contributed by atoms with Crippen LogP contribution in [0.2, 0.25) is 0 Å². The van der Waals surface area contributed by atoms with Crippen molar-refractivity contribution in [2.24, 2.45) is 11.3 Å². The molecular formula is C13H22O4S2. The molecule has 2 rings (SSSR count). The van der Waals surface area contributed by atoms with E-state index in [9.17, 15) is 15.0 Å². The molecule has 0 aliphatic carbocycles. The highest BCUT2D eigenvalue weighted by atomic mass is 32.2. The van der Waals surface area contributed by atoms with Crippen molar-refractivity contribution in [3.05, 3.63) is 0 Å². The number of carbonyl (C=O) groups excluding carboxylic acids is 1.